The first kappa shape index (κ1) is 16.0. The van der Waals surface area contributed by atoms with Gasteiger partial charge in [-0.15, -0.1) is 0 Å². The fraction of sp³-hybridized carbons (Fsp3) is 0.529. The quantitative estimate of drug-likeness (QED) is 0.878. The predicted molar refractivity (Wildman–Crippen MR) is 86.8 cm³/mol. The molecule has 6 nitrogen and oxygen atoms in total. The van der Waals surface area contributed by atoms with E-state index in [1.54, 1.807) is 13.1 Å². The topological polar surface area (TPSA) is 74.4 Å². The van der Waals surface area contributed by atoms with Gasteiger partial charge in [-0.05, 0) is 32.2 Å². The van der Waals surface area contributed by atoms with Crippen LogP contribution in [0, 0.1) is 12.8 Å². The highest BCUT2D eigenvalue weighted by Gasteiger charge is 2.22. The second kappa shape index (κ2) is 7.10. The molecule has 1 fully saturated rings. The van der Waals surface area contributed by atoms with Crippen LogP contribution in [0.5, 0.6) is 5.75 Å². The molecule has 0 bridgehead atoms. The third kappa shape index (κ3) is 3.71. The molecule has 2 N–H and O–H groups in total. The van der Waals surface area contributed by atoms with Crippen molar-refractivity contribution in [1.82, 2.24) is 19.4 Å². The van der Waals surface area contributed by atoms with Crippen molar-refractivity contribution in [3.63, 3.8) is 0 Å². The number of rotatable bonds is 5. The van der Waals surface area contributed by atoms with Crippen molar-refractivity contribution in [3.8, 4) is 5.75 Å². The molecule has 1 atom stereocenters. The van der Waals surface area contributed by atoms with E-state index in [1.165, 1.54) is 6.42 Å². The number of aliphatic hydroxyl groups is 1. The summed E-state index contributed by atoms with van der Waals surface area (Å²) in [4.78, 5) is 10.6. The van der Waals surface area contributed by atoms with Gasteiger partial charge in [0.15, 0.2) is 0 Å². The van der Waals surface area contributed by atoms with Gasteiger partial charge in [0, 0.05) is 49.4 Å². The Labute approximate surface area is 136 Å². The Morgan fingerprint density at radius 3 is 3.00 bits per heavy atom. The molecule has 0 aliphatic carbocycles. The van der Waals surface area contributed by atoms with Gasteiger partial charge in [-0.25, -0.2) is 4.98 Å². The number of aromatic nitrogens is 3. The van der Waals surface area contributed by atoms with Crippen molar-refractivity contribution in [3.05, 3.63) is 41.7 Å². The molecule has 1 saturated heterocycles. The number of likely N-dealkylation sites (tertiary alicyclic amines) is 1. The molecular formula is C17H24N4O2. The molecule has 124 valence electrons. The molecule has 23 heavy (non-hydrogen) atoms. The third-order valence-corrected chi connectivity index (χ3v) is 4.61. The van der Waals surface area contributed by atoms with Gasteiger partial charge in [0.1, 0.15) is 5.75 Å². The fourth-order valence-corrected chi connectivity index (χ4v) is 3.36. The van der Waals surface area contributed by atoms with Crippen LogP contribution < -0.4 is 0 Å². The Morgan fingerprint density at radius 1 is 1.39 bits per heavy atom. The van der Waals surface area contributed by atoms with Crippen molar-refractivity contribution < 1.29 is 10.2 Å². The average Bonchev–Trinajstić information content (AvgIpc) is 3.05. The van der Waals surface area contributed by atoms with Crippen molar-refractivity contribution in [2.45, 2.75) is 39.5 Å². The monoisotopic (exact) mass is 316 g/mol. The Bertz CT molecular complexity index is 642. The lowest BCUT2D eigenvalue weighted by Crippen LogP contribution is -2.36. The SMILES string of the molecule is Cc1ncc(CO)c(CN2CCC[C@H](Cn3ccnc3)C2)c1O. The molecule has 3 heterocycles. The van der Waals surface area contributed by atoms with E-state index in [0.717, 1.165) is 31.6 Å². The standard InChI is InChI=1S/C17H24N4O2/c1-13-17(23)16(15(11-22)7-19-13)10-20-5-2-3-14(8-20)9-21-6-4-18-12-21/h4,6-7,12,14,22-23H,2-3,5,8-11H2,1H3/t14-/m0/s1. The normalized spacial score (nSPS) is 19.1. The Kier molecular flexibility index (Phi) is 4.93. The minimum Gasteiger partial charge on any atom is -0.506 e. The first-order valence-corrected chi connectivity index (χ1v) is 8.12. The summed E-state index contributed by atoms with van der Waals surface area (Å²) < 4.78 is 2.13. The van der Waals surface area contributed by atoms with Crippen molar-refractivity contribution in [2.75, 3.05) is 13.1 Å². The molecule has 1 aliphatic heterocycles. The number of aryl methyl sites for hydroxylation is 1. The number of aromatic hydroxyl groups is 1. The highest BCUT2D eigenvalue weighted by atomic mass is 16.3. The Balaban J connectivity index is 1.69. The van der Waals surface area contributed by atoms with E-state index in [-0.39, 0.29) is 12.4 Å². The summed E-state index contributed by atoms with van der Waals surface area (Å²) >= 11 is 0. The van der Waals surface area contributed by atoms with Crippen LogP contribution in [0.25, 0.3) is 0 Å². The van der Waals surface area contributed by atoms with Crippen molar-refractivity contribution >= 4 is 0 Å². The Hall–Kier alpha value is -1.92. The zero-order valence-electron chi connectivity index (χ0n) is 13.5. The molecule has 0 saturated carbocycles. The molecule has 1 aliphatic rings. The molecule has 0 unspecified atom stereocenters. The average molecular weight is 316 g/mol. The number of hydrogen-bond acceptors (Lipinski definition) is 5. The molecular weight excluding hydrogens is 292 g/mol. The number of aliphatic hydroxyl groups excluding tert-OH is 1. The largest absolute Gasteiger partial charge is 0.506 e. The summed E-state index contributed by atoms with van der Waals surface area (Å²) in [5.74, 6) is 0.800. The summed E-state index contributed by atoms with van der Waals surface area (Å²) in [6.07, 6.45) is 9.70. The van der Waals surface area contributed by atoms with E-state index in [9.17, 15) is 10.2 Å². The number of nitrogens with zero attached hydrogens (tertiary/aromatic N) is 4. The summed E-state index contributed by atoms with van der Waals surface area (Å²) in [5.41, 5.74) is 2.14. The lowest BCUT2D eigenvalue weighted by molar-refractivity contribution is 0.153. The van der Waals surface area contributed by atoms with E-state index in [2.05, 4.69) is 19.4 Å². The zero-order valence-corrected chi connectivity index (χ0v) is 13.5. The smallest absolute Gasteiger partial charge is 0.141 e. The van der Waals surface area contributed by atoms with Crippen LogP contribution in [0.1, 0.15) is 29.7 Å². The van der Waals surface area contributed by atoms with E-state index in [1.807, 2.05) is 18.7 Å². The van der Waals surface area contributed by atoms with E-state index in [0.29, 0.717) is 23.7 Å². The summed E-state index contributed by atoms with van der Waals surface area (Å²) in [6.45, 7) is 5.34. The fourth-order valence-electron chi connectivity index (χ4n) is 3.36. The van der Waals surface area contributed by atoms with Gasteiger partial charge in [0.05, 0.1) is 18.6 Å². The molecule has 6 heteroatoms. The van der Waals surface area contributed by atoms with Crippen LogP contribution in [-0.4, -0.2) is 42.7 Å². The lowest BCUT2D eigenvalue weighted by atomic mass is 9.97. The molecule has 2 aromatic rings. The number of piperidine rings is 1. The number of imidazole rings is 1. The summed E-state index contributed by atoms with van der Waals surface area (Å²) in [7, 11) is 0. The second-order valence-electron chi connectivity index (χ2n) is 6.36. The number of hydrogen-bond donors (Lipinski definition) is 2. The van der Waals surface area contributed by atoms with Crippen molar-refractivity contribution in [1.29, 1.82) is 0 Å². The van der Waals surface area contributed by atoms with Gasteiger partial charge in [-0.3, -0.25) is 9.88 Å². The maximum Gasteiger partial charge on any atom is 0.141 e. The maximum atomic E-state index is 10.3. The van der Waals surface area contributed by atoms with Crippen molar-refractivity contribution in [2.24, 2.45) is 5.92 Å². The van der Waals surface area contributed by atoms with Gasteiger partial charge in [0.2, 0.25) is 0 Å². The van der Waals surface area contributed by atoms with Crippen LogP contribution >= 0.6 is 0 Å². The molecule has 2 aromatic heterocycles. The van der Waals surface area contributed by atoms with E-state index in [4.69, 9.17) is 0 Å². The molecule has 0 aromatic carbocycles. The van der Waals surface area contributed by atoms with Gasteiger partial charge in [-0.1, -0.05) is 0 Å². The first-order valence-electron chi connectivity index (χ1n) is 8.12. The zero-order chi connectivity index (χ0) is 16.2. The second-order valence-corrected chi connectivity index (χ2v) is 6.36. The predicted octanol–water partition coefficient (Wildman–Crippen LogP) is 1.70. The molecule has 0 spiro atoms. The highest BCUT2D eigenvalue weighted by molar-refractivity contribution is 5.40. The van der Waals surface area contributed by atoms with Gasteiger partial charge in [0.25, 0.3) is 0 Å². The van der Waals surface area contributed by atoms with Crippen LogP contribution in [0.3, 0.4) is 0 Å². The van der Waals surface area contributed by atoms with E-state index < -0.39 is 0 Å². The minimum atomic E-state index is -0.0948. The lowest BCUT2D eigenvalue weighted by Gasteiger charge is -2.33. The molecule has 0 amide bonds. The molecule has 0 radical (unpaired) electrons. The third-order valence-electron chi connectivity index (χ3n) is 4.61. The van der Waals surface area contributed by atoms with Gasteiger partial charge < -0.3 is 14.8 Å². The maximum absolute atomic E-state index is 10.3. The summed E-state index contributed by atoms with van der Waals surface area (Å²) in [5, 5.41) is 19.8. The van der Waals surface area contributed by atoms with Crippen LogP contribution in [0.2, 0.25) is 0 Å². The van der Waals surface area contributed by atoms with Gasteiger partial charge >= 0.3 is 0 Å². The molecule has 3 rings (SSSR count). The van der Waals surface area contributed by atoms with Crippen LogP contribution in [0.4, 0.5) is 0 Å². The summed E-state index contributed by atoms with van der Waals surface area (Å²) in [6, 6.07) is 0. The van der Waals surface area contributed by atoms with E-state index >= 15 is 0 Å². The highest BCUT2D eigenvalue weighted by Crippen LogP contribution is 2.27. The van der Waals surface area contributed by atoms with Crippen LogP contribution in [0.15, 0.2) is 24.9 Å². The number of pyridine rings is 1. The first-order chi connectivity index (χ1) is 11.2. The Morgan fingerprint density at radius 2 is 2.26 bits per heavy atom. The van der Waals surface area contributed by atoms with Gasteiger partial charge in [-0.2, -0.15) is 0 Å². The minimum absolute atomic E-state index is 0.0948. The van der Waals surface area contributed by atoms with Crippen LogP contribution in [-0.2, 0) is 19.7 Å².